The summed E-state index contributed by atoms with van der Waals surface area (Å²) < 4.78 is 20.6. The lowest BCUT2D eigenvalue weighted by molar-refractivity contribution is 0.174. The summed E-state index contributed by atoms with van der Waals surface area (Å²) in [7, 11) is 1.99. The van der Waals surface area contributed by atoms with E-state index in [0.29, 0.717) is 18.1 Å². The molecule has 1 atom stereocenters. The number of ether oxygens (including phenoxy) is 2. The van der Waals surface area contributed by atoms with E-state index in [1.54, 1.807) is 6.92 Å². The van der Waals surface area contributed by atoms with Crippen LogP contribution >= 0.6 is 0 Å². The van der Waals surface area contributed by atoms with E-state index < -0.39 is 5.82 Å². The van der Waals surface area contributed by atoms with Gasteiger partial charge in [0.05, 0.1) is 6.54 Å². The average molecular weight is 305 g/mol. The van der Waals surface area contributed by atoms with E-state index in [2.05, 4.69) is 11.8 Å². The molecule has 0 fully saturated rings. The van der Waals surface area contributed by atoms with Crippen LogP contribution in [0.2, 0.25) is 0 Å². The van der Waals surface area contributed by atoms with E-state index in [4.69, 9.17) is 18.3 Å². The molecule has 6 heteroatoms. The molecule has 118 valence electrons. The molecule has 1 aromatic heterocycles. The van der Waals surface area contributed by atoms with Crippen molar-refractivity contribution in [1.29, 1.82) is 0 Å². The van der Waals surface area contributed by atoms with Crippen LogP contribution in [0.15, 0.2) is 31.8 Å². The molecule has 0 spiro atoms. The number of aryl methyl sites for hydroxylation is 1. The Bertz CT molecular complexity index is 718. The monoisotopic (exact) mass is 305 g/mol. The summed E-state index contributed by atoms with van der Waals surface area (Å²) in [5, 5.41) is 0. The fraction of sp³-hybridized carbons (Fsp3) is 0.438. The highest BCUT2D eigenvalue weighted by Crippen LogP contribution is 2.33. The van der Waals surface area contributed by atoms with Gasteiger partial charge in [0, 0.05) is 6.04 Å². The van der Waals surface area contributed by atoms with Crippen molar-refractivity contribution < 1.29 is 18.3 Å². The Morgan fingerprint density at radius 1 is 1.23 bits per heavy atom. The summed E-state index contributed by atoms with van der Waals surface area (Å²) >= 11 is 0. The SMILES string of the molecule is Cc1oc(=O)oc1CN(C)[C@@H](C)Cc1ccc2c(c1)OCO2. The molecular formula is C16H19NO5. The third-order valence-corrected chi connectivity index (χ3v) is 3.95. The Hall–Kier alpha value is -2.21. The van der Waals surface area contributed by atoms with Gasteiger partial charge in [-0.1, -0.05) is 6.07 Å². The first-order valence-corrected chi connectivity index (χ1v) is 7.21. The molecule has 0 saturated carbocycles. The maximum absolute atomic E-state index is 11.1. The smallest absolute Gasteiger partial charge is 0.454 e. The highest BCUT2D eigenvalue weighted by molar-refractivity contribution is 5.44. The minimum atomic E-state index is -0.649. The number of nitrogens with zero attached hydrogens (tertiary/aromatic N) is 1. The molecule has 1 aliphatic rings. The zero-order chi connectivity index (χ0) is 15.7. The molecular weight excluding hydrogens is 286 g/mol. The molecule has 0 unspecified atom stereocenters. The van der Waals surface area contributed by atoms with Crippen LogP contribution in [-0.4, -0.2) is 24.8 Å². The number of benzene rings is 1. The van der Waals surface area contributed by atoms with E-state index in [0.717, 1.165) is 17.9 Å². The predicted molar refractivity (Wildman–Crippen MR) is 79.2 cm³/mol. The number of fused-ring (bicyclic) bond motifs is 1. The van der Waals surface area contributed by atoms with Crippen molar-refractivity contribution >= 4 is 0 Å². The minimum Gasteiger partial charge on any atom is -0.454 e. The van der Waals surface area contributed by atoms with E-state index in [9.17, 15) is 4.79 Å². The molecule has 6 nitrogen and oxygen atoms in total. The maximum Gasteiger partial charge on any atom is 0.519 e. The average Bonchev–Trinajstić information content (AvgIpc) is 3.05. The van der Waals surface area contributed by atoms with Crippen LogP contribution in [0.25, 0.3) is 0 Å². The second-order valence-electron chi connectivity index (χ2n) is 5.59. The topological polar surface area (TPSA) is 65.1 Å². The Labute approximate surface area is 128 Å². The van der Waals surface area contributed by atoms with Crippen molar-refractivity contribution in [2.75, 3.05) is 13.8 Å². The van der Waals surface area contributed by atoms with Gasteiger partial charge < -0.3 is 18.3 Å². The largest absolute Gasteiger partial charge is 0.519 e. The fourth-order valence-electron chi connectivity index (χ4n) is 2.47. The van der Waals surface area contributed by atoms with Gasteiger partial charge in [0.2, 0.25) is 6.79 Å². The molecule has 22 heavy (non-hydrogen) atoms. The first-order chi connectivity index (χ1) is 10.5. The van der Waals surface area contributed by atoms with E-state index in [-0.39, 0.29) is 12.8 Å². The van der Waals surface area contributed by atoms with Crippen LogP contribution in [0, 0.1) is 6.92 Å². The zero-order valence-electron chi connectivity index (χ0n) is 12.9. The summed E-state index contributed by atoms with van der Waals surface area (Å²) in [6.45, 7) is 4.67. The number of rotatable bonds is 5. The van der Waals surface area contributed by atoms with Gasteiger partial charge >= 0.3 is 5.82 Å². The van der Waals surface area contributed by atoms with E-state index in [1.807, 2.05) is 25.2 Å². The molecule has 1 aromatic carbocycles. The predicted octanol–water partition coefficient (Wildman–Crippen LogP) is 2.33. The van der Waals surface area contributed by atoms with Gasteiger partial charge in [0.15, 0.2) is 17.3 Å². The Kier molecular flexibility index (Phi) is 3.94. The van der Waals surface area contributed by atoms with Gasteiger partial charge in [-0.3, -0.25) is 4.90 Å². The lowest BCUT2D eigenvalue weighted by Gasteiger charge is -2.23. The number of hydrogen-bond donors (Lipinski definition) is 0. The van der Waals surface area contributed by atoms with Crippen LogP contribution in [-0.2, 0) is 13.0 Å². The van der Waals surface area contributed by atoms with Crippen molar-refractivity contribution in [2.45, 2.75) is 32.9 Å². The fourth-order valence-corrected chi connectivity index (χ4v) is 2.47. The summed E-state index contributed by atoms with van der Waals surface area (Å²) in [5.74, 6) is 2.05. The third kappa shape index (κ3) is 3.01. The summed E-state index contributed by atoms with van der Waals surface area (Å²) in [5.41, 5.74) is 1.17. The van der Waals surface area contributed by atoms with Gasteiger partial charge in [-0.2, -0.15) is 0 Å². The number of likely N-dealkylation sites (N-methyl/N-ethyl adjacent to an activating group) is 1. The summed E-state index contributed by atoms with van der Waals surface area (Å²) in [6, 6.07) is 6.25. The Balaban J connectivity index is 1.64. The standard InChI is InChI=1S/C16H19NO5/c1-10(17(3)8-15-11(2)21-16(18)22-15)6-12-4-5-13-14(7-12)20-9-19-13/h4-5,7,10H,6,8-9H2,1-3H3/t10-/m0/s1. The van der Waals surface area contributed by atoms with Crippen LogP contribution < -0.4 is 15.3 Å². The maximum atomic E-state index is 11.1. The number of hydrogen-bond acceptors (Lipinski definition) is 6. The first kappa shape index (κ1) is 14.7. The molecule has 0 aliphatic carbocycles. The van der Waals surface area contributed by atoms with Crippen LogP contribution in [0.3, 0.4) is 0 Å². The lowest BCUT2D eigenvalue weighted by atomic mass is 10.1. The highest BCUT2D eigenvalue weighted by atomic mass is 16.7. The Morgan fingerprint density at radius 2 is 2.00 bits per heavy atom. The Morgan fingerprint density at radius 3 is 2.73 bits per heavy atom. The lowest BCUT2D eigenvalue weighted by Crippen LogP contribution is -2.30. The summed E-state index contributed by atoms with van der Waals surface area (Å²) in [6.07, 6.45) is 0.855. The molecule has 0 radical (unpaired) electrons. The van der Waals surface area contributed by atoms with Crippen molar-refractivity contribution in [1.82, 2.24) is 4.90 Å². The molecule has 0 bridgehead atoms. The first-order valence-electron chi connectivity index (χ1n) is 7.21. The normalized spacial score (nSPS) is 14.5. The van der Waals surface area contributed by atoms with Crippen LogP contribution in [0.4, 0.5) is 0 Å². The van der Waals surface area contributed by atoms with Gasteiger partial charge in [-0.05, 0) is 45.0 Å². The van der Waals surface area contributed by atoms with Gasteiger partial charge in [0.1, 0.15) is 5.76 Å². The highest BCUT2D eigenvalue weighted by Gasteiger charge is 2.18. The van der Waals surface area contributed by atoms with Crippen molar-refractivity contribution in [3.8, 4) is 11.5 Å². The minimum absolute atomic E-state index is 0.264. The molecule has 1 aliphatic heterocycles. The molecule has 2 aromatic rings. The second-order valence-corrected chi connectivity index (χ2v) is 5.59. The quantitative estimate of drug-likeness (QED) is 0.844. The van der Waals surface area contributed by atoms with Crippen molar-refractivity contribution in [3.63, 3.8) is 0 Å². The van der Waals surface area contributed by atoms with Gasteiger partial charge in [-0.25, -0.2) is 4.79 Å². The molecule has 0 amide bonds. The molecule has 2 heterocycles. The van der Waals surface area contributed by atoms with Crippen molar-refractivity contribution in [2.24, 2.45) is 0 Å². The van der Waals surface area contributed by atoms with Gasteiger partial charge in [0.25, 0.3) is 0 Å². The van der Waals surface area contributed by atoms with Gasteiger partial charge in [-0.15, -0.1) is 0 Å². The van der Waals surface area contributed by atoms with E-state index in [1.165, 1.54) is 5.56 Å². The van der Waals surface area contributed by atoms with Crippen molar-refractivity contribution in [3.05, 3.63) is 45.9 Å². The zero-order valence-corrected chi connectivity index (χ0v) is 12.9. The van der Waals surface area contributed by atoms with Crippen LogP contribution in [0.1, 0.15) is 24.0 Å². The molecule has 3 rings (SSSR count). The second kappa shape index (κ2) is 5.88. The molecule has 0 saturated heterocycles. The molecule has 0 N–H and O–H groups in total. The summed E-state index contributed by atoms with van der Waals surface area (Å²) in [4.78, 5) is 13.2. The van der Waals surface area contributed by atoms with Crippen LogP contribution in [0.5, 0.6) is 11.5 Å². The van der Waals surface area contributed by atoms with E-state index >= 15 is 0 Å². The third-order valence-electron chi connectivity index (χ3n) is 3.95.